The lowest BCUT2D eigenvalue weighted by molar-refractivity contribution is 0.276. The van der Waals surface area contributed by atoms with Crippen molar-refractivity contribution in [3.05, 3.63) is 131 Å². The number of methoxy groups -OCH3 is 3. The van der Waals surface area contributed by atoms with Crippen LogP contribution in [0.1, 0.15) is 27.8 Å². The van der Waals surface area contributed by atoms with Crippen molar-refractivity contribution in [2.24, 2.45) is 0 Å². The molecule has 6 nitrogen and oxygen atoms in total. The average Bonchev–Trinajstić information content (AvgIpc) is 3.07. The van der Waals surface area contributed by atoms with E-state index in [1.807, 2.05) is 117 Å². The van der Waals surface area contributed by atoms with E-state index >= 15 is 0 Å². The molecule has 5 rings (SSSR count). The largest absolute Gasteiger partial charge is 0.493 e. The Balaban J connectivity index is 1.68. The Morgan fingerprint density at radius 2 is 0.773 bits per heavy atom. The summed E-state index contributed by atoms with van der Waals surface area (Å²) in [6.45, 7) is 5.07. The van der Waals surface area contributed by atoms with Gasteiger partial charge in [-0.15, -0.1) is 0 Å². The van der Waals surface area contributed by atoms with Crippen LogP contribution in [0.5, 0.6) is 34.5 Å². The SMILES string of the molecule is COc1cc(-c2cc(OCc3ccccc3)c(OC)c(C)c2OCc2ccccc2)c(OCc2ccccc2)c(C)c1OC. The van der Waals surface area contributed by atoms with Gasteiger partial charge in [-0.3, -0.25) is 0 Å². The van der Waals surface area contributed by atoms with Gasteiger partial charge < -0.3 is 28.4 Å². The zero-order valence-corrected chi connectivity index (χ0v) is 25.9. The minimum atomic E-state index is 0.370. The van der Waals surface area contributed by atoms with Crippen LogP contribution in [-0.4, -0.2) is 21.3 Å². The highest BCUT2D eigenvalue weighted by atomic mass is 16.5. The van der Waals surface area contributed by atoms with Crippen molar-refractivity contribution in [3.8, 4) is 45.6 Å². The molecule has 5 aromatic rings. The number of hydrogen-bond acceptors (Lipinski definition) is 6. The predicted octanol–water partition coefficient (Wildman–Crippen LogP) is 8.73. The predicted molar refractivity (Wildman–Crippen MR) is 173 cm³/mol. The summed E-state index contributed by atoms with van der Waals surface area (Å²) in [7, 11) is 4.91. The van der Waals surface area contributed by atoms with Crippen molar-refractivity contribution >= 4 is 0 Å². The van der Waals surface area contributed by atoms with Gasteiger partial charge in [-0.25, -0.2) is 0 Å². The first kappa shape index (κ1) is 30.4. The van der Waals surface area contributed by atoms with E-state index in [4.69, 9.17) is 28.4 Å². The van der Waals surface area contributed by atoms with Crippen molar-refractivity contribution in [2.75, 3.05) is 21.3 Å². The van der Waals surface area contributed by atoms with Gasteiger partial charge in [0.25, 0.3) is 0 Å². The summed E-state index contributed by atoms with van der Waals surface area (Å²) < 4.78 is 37.0. The topological polar surface area (TPSA) is 55.4 Å². The Morgan fingerprint density at radius 3 is 1.16 bits per heavy atom. The first-order valence-electron chi connectivity index (χ1n) is 14.5. The van der Waals surface area contributed by atoms with E-state index in [1.54, 1.807) is 21.3 Å². The average molecular weight is 591 g/mol. The third-order valence-corrected chi connectivity index (χ3v) is 7.46. The molecule has 0 heterocycles. The highest BCUT2D eigenvalue weighted by Gasteiger charge is 2.26. The molecule has 0 radical (unpaired) electrons. The summed E-state index contributed by atoms with van der Waals surface area (Å²) in [6.07, 6.45) is 0. The van der Waals surface area contributed by atoms with Crippen molar-refractivity contribution in [1.82, 2.24) is 0 Å². The van der Waals surface area contributed by atoms with Gasteiger partial charge in [0.05, 0.1) is 21.3 Å². The molecular weight excluding hydrogens is 552 g/mol. The standard InChI is InChI=1S/C38H38O6/c1-26-35(43-24-29-17-11-7-12-18-29)31(21-33(39-3)37(26)40-4)32-22-34(42-23-28-15-9-6-10-16-28)38(41-5)27(2)36(32)44-25-30-19-13-8-14-20-30/h6-22H,23-25H2,1-5H3. The molecule has 0 fully saturated rings. The smallest absolute Gasteiger partial charge is 0.167 e. The molecule has 0 atom stereocenters. The highest BCUT2D eigenvalue weighted by Crippen LogP contribution is 2.51. The van der Waals surface area contributed by atoms with Crippen LogP contribution in [0.25, 0.3) is 11.1 Å². The fourth-order valence-electron chi connectivity index (χ4n) is 5.24. The van der Waals surface area contributed by atoms with Gasteiger partial charge in [0, 0.05) is 22.3 Å². The van der Waals surface area contributed by atoms with Crippen LogP contribution < -0.4 is 28.4 Å². The fraction of sp³-hybridized carbons (Fsp3) is 0.211. The van der Waals surface area contributed by atoms with E-state index in [1.165, 1.54) is 0 Å². The first-order valence-corrected chi connectivity index (χ1v) is 14.5. The molecule has 44 heavy (non-hydrogen) atoms. The second-order valence-corrected chi connectivity index (χ2v) is 10.3. The molecule has 0 amide bonds. The van der Waals surface area contributed by atoms with Crippen LogP contribution in [0.3, 0.4) is 0 Å². The number of ether oxygens (including phenoxy) is 6. The Hall–Kier alpha value is -5.10. The van der Waals surface area contributed by atoms with Gasteiger partial charge in [0.2, 0.25) is 0 Å². The third-order valence-electron chi connectivity index (χ3n) is 7.46. The third kappa shape index (κ3) is 6.76. The summed E-state index contributed by atoms with van der Waals surface area (Å²) >= 11 is 0. The first-order chi connectivity index (χ1) is 21.5. The van der Waals surface area contributed by atoms with E-state index in [0.29, 0.717) is 54.3 Å². The molecule has 226 valence electrons. The summed E-state index contributed by atoms with van der Waals surface area (Å²) in [6, 6.07) is 34.1. The van der Waals surface area contributed by atoms with Crippen LogP contribution in [-0.2, 0) is 19.8 Å². The second kappa shape index (κ2) is 14.4. The summed E-state index contributed by atoms with van der Waals surface area (Å²) in [5, 5.41) is 0. The van der Waals surface area contributed by atoms with Gasteiger partial charge in [0.15, 0.2) is 23.0 Å². The molecule has 0 saturated heterocycles. The van der Waals surface area contributed by atoms with Crippen LogP contribution in [0.4, 0.5) is 0 Å². The zero-order valence-electron chi connectivity index (χ0n) is 25.9. The lowest BCUT2D eigenvalue weighted by atomic mass is 9.96. The van der Waals surface area contributed by atoms with Gasteiger partial charge in [-0.2, -0.15) is 0 Å². The molecule has 0 spiro atoms. The Kier molecular flexibility index (Phi) is 9.92. The Bertz CT molecular complexity index is 1670. The molecule has 0 aromatic heterocycles. The van der Waals surface area contributed by atoms with Crippen LogP contribution in [0.2, 0.25) is 0 Å². The van der Waals surface area contributed by atoms with E-state index in [-0.39, 0.29) is 0 Å². The van der Waals surface area contributed by atoms with E-state index < -0.39 is 0 Å². The number of benzene rings is 5. The zero-order chi connectivity index (χ0) is 30.9. The number of hydrogen-bond donors (Lipinski definition) is 0. The minimum absolute atomic E-state index is 0.370. The molecule has 5 aromatic carbocycles. The lowest BCUT2D eigenvalue weighted by Gasteiger charge is -2.24. The summed E-state index contributed by atoms with van der Waals surface area (Å²) in [4.78, 5) is 0. The molecule has 0 aliphatic heterocycles. The Morgan fingerprint density at radius 1 is 0.409 bits per heavy atom. The molecule has 0 N–H and O–H groups in total. The maximum Gasteiger partial charge on any atom is 0.167 e. The quantitative estimate of drug-likeness (QED) is 0.137. The minimum Gasteiger partial charge on any atom is -0.493 e. The van der Waals surface area contributed by atoms with Crippen molar-refractivity contribution < 1.29 is 28.4 Å². The maximum absolute atomic E-state index is 6.59. The van der Waals surface area contributed by atoms with Crippen LogP contribution in [0, 0.1) is 13.8 Å². The molecule has 0 aliphatic rings. The fourth-order valence-corrected chi connectivity index (χ4v) is 5.24. The second-order valence-electron chi connectivity index (χ2n) is 10.3. The van der Waals surface area contributed by atoms with Crippen LogP contribution in [0.15, 0.2) is 103 Å². The lowest BCUT2D eigenvalue weighted by Crippen LogP contribution is -2.06. The summed E-state index contributed by atoms with van der Waals surface area (Å²) in [5.41, 5.74) is 6.34. The Labute approximate surface area is 259 Å². The number of rotatable bonds is 13. The molecule has 0 bridgehead atoms. The normalized spacial score (nSPS) is 10.7. The highest BCUT2D eigenvalue weighted by molar-refractivity contribution is 5.84. The van der Waals surface area contributed by atoms with Gasteiger partial charge in [-0.05, 0) is 42.7 Å². The monoisotopic (exact) mass is 590 g/mol. The van der Waals surface area contributed by atoms with Crippen molar-refractivity contribution in [3.63, 3.8) is 0 Å². The maximum atomic E-state index is 6.59. The molecule has 0 aliphatic carbocycles. The van der Waals surface area contributed by atoms with Crippen molar-refractivity contribution in [2.45, 2.75) is 33.7 Å². The molecule has 6 heteroatoms. The van der Waals surface area contributed by atoms with Crippen molar-refractivity contribution in [1.29, 1.82) is 0 Å². The van der Waals surface area contributed by atoms with Gasteiger partial charge >= 0.3 is 0 Å². The molecule has 0 unspecified atom stereocenters. The molecule has 0 saturated carbocycles. The van der Waals surface area contributed by atoms with Gasteiger partial charge in [0.1, 0.15) is 31.3 Å². The van der Waals surface area contributed by atoms with E-state index in [9.17, 15) is 0 Å². The van der Waals surface area contributed by atoms with Gasteiger partial charge in [-0.1, -0.05) is 91.0 Å². The summed E-state index contributed by atoms with van der Waals surface area (Å²) in [5.74, 6) is 3.72. The van der Waals surface area contributed by atoms with E-state index in [0.717, 1.165) is 38.9 Å². The van der Waals surface area contributed by atoms with Crippen LogP contribution >= 0.6 is 0 Å². The molecular formula is C38H38O6. The van der Waals surface area contributed by atoms with E-state index in [2.05, 4.69) is 0 Å².